The molecule has 1 aliphatic rings. The Hall–Kier alpha value is -0.860. The number of thioether (sulfide) groups is 1. The fourth-order valence-electron chi connectivity index (χ4n) is 1.28. The Bertz CT molecular complexity index is 425. The molecular formula is C16H20S2. The van der Waals surface area contributed by atoms with Gasteiger partial charge in [-0.05, 0) is 36.8 Å². The molecule has 0 unspecified atom stereocenters. The molecule has 18 heavy (non-hydrogen) atoms. The van der Waals surface area contributed by atoms with Crippen LogP contribution in [0.5, 0.6) is 0 Å². The first-order valence-corrected chi connectivity index (χ1v) is 7.52. The molecule has 0 bridgehead atoms. The molecule has 1 aliphatic carbocycles. The van der Waals surface area contributed by atoms with Gasteiger partial charge in [-0.1, -0.05) is 56.3 Å². The maximum atomic E-state index is 4.27. The number of hydrogen-bond acceptors (Lipinski definition) is 2. The molecule has 0 saturated heterocycles. The fourth-order valence-corrected chi connectivity index (χ4v) is 2.28. The third-order valence-electron chi connectivity index (χ3n) is 2.02. The standard InChI is InChI=1S/C13H12S2.C3H8/c14-11-7-9-13(10-8-11)15-12-5-3-1-2-4-6-12;1-3-2/h1,3-10,14H,2H2;3H2,1-2H3. The smallest absolute Gasteiger partial charge is 0.0123 e. The summed E-state index contributed by atoms with van der Waals surface area (Å²) in [7, 11) is 0. The van der Waals surface area contributed by atoms with E-state index in [2.05, 4.69) is 69.0 Å². The predicted octanol–water partition coefficient (Wildman–Crippen LogP) is 5.88. The van der Waals surface area contributed by atoms with Crippen LogP contribution >= 0.6 is 24.4 Å². The summed E-state index contributed by atoms with van der Waals surface area (Å²) >= 11 is 6.04. The molecule has 2 rings (SSSR count). The van der Waals surface area contributed by atoms with Crippen molar-refractivity contribution in [3.63, 3.8) is 0 Å². The van der Waals surface area contributed by atoms with Crippen LogP contribution in [0.1, 0.15) is 26.7 Å². The summed E-state index contributed by atoms with van der Waals surface area (Å²) in [5.74, 6) is 0. The normalized spacial score (nSPS) is 13.4. The van der Waals surface area contributed by atoms with Gasteiger partial charge in [0.15, 0.2) is 0 Å². The van der Waals surface area contributed by atoms with E-state index in [9.17, 15) is 0 Å². The second-order valence-corrected chi connectivity index (χ2v) is 5.60. The SMILES string of the molecule is CCC.Sc1ccc(SC2=CC=CCC=C2)cc1. The first-order chi connectivity index (χ1) is 8.76. The molecule has 0 atom stereocenters. The summed E-state index contributed by atoms with van der Waals surface area (Å²) in [5.41, 5.74) is 0. The molecule has 0 N–H and O–H groups in total. The van der Waals surface area contributed by atoms with E-state index >= 15 is 0 Å². The Morgan fingerprint density at radius 1 is 1.11 bits per heavy atom. The summed E-state index contributed by atoms with van der Waals surface area (Å²) in [6.07, 6.45) is 13.0. The highest BCUT2D eigenvalue weighted by Gasteiger charge is 1.97. The molecule has 0 radical (unpaired) electrons. The second kappa shape index (κ2) is 9.12. The lowest BCUT2D eigenvalue weighted by Gasteiger charge is -2.01. The molecule has 0 amide bonds. The summed E-state index contributed by atoms with van der Waals surface area (Å²) in [6.45, 7) is 4.25. The minimum absolute atomic E-state index is 1.00. The highest BCUT2D eigenvalue weighted by atomic mass is 32.2. The molecular weight excluding hydrogens is 256 g/mol. The summed E-state index contributed by atoms with van der Waals surface area (Å²) in [6, 6.07) is 8.22. The van der Waals surface area contributed by atoms with E-state index in [1.807, 2.05) is 12.1 Å². The molecule has 0 aromatic heterocycles. The van der Waals surface area contributed by atoms with Crippen molar-refractivity contribution >= 4 is 24.4 Å². The molecule has 96 valence electrons. The van der Waals surface area contributed by atoms with Crippen molar-refractivity contribution in [3.8, 4) is 0 Å². The Kier molecular flexibility index (Phi) is 7.70. The van der Waals surface area contributed by atoms with Crippen molar-refractivity contribution in [2.75, 3.05) is 0 Å². The van der Waals surface area contributed by atoms with Gasteiger partial charge in [0.05, 0.1) is 0 Å². The number of benzene rings is 1. The van der Waals surface area contributed by atoms with Crippen LogP contribution in [0.25, 0.3) is 0 Å². The second-order valence-electron chi connectivity index (χ2n) is 3.94. The molecule has 0 saturated carbocycles. The molecule has 1 aromatic rings. The predicted molar refractivity (Wildman–Crippen MR) is 86.5 cm³/mol. The number of rotatable bonds is 2. The minimum Gasteiger partial charge on any atom is -0.143 e. The van der Waals surface area contributed by atoms with Gasteiger partial charge < -0.3 is 0 Å². The first-order valence-electron chi connectivity index (χ1n) is 6.26. The van der Waals surface area contributed by atoms with Crippen LogP contribution in [0.4, 0.5) is 0 Å². The van der Waals surface area contributed by atoms with Crippen LogP contribution in [-0.4, -0.2) is 0 Å². The van der Waals surface area contributed by atoms with Gasteiger partial charge in [0.25, 0.3) is 0 Å². The lowest BCUT2D eigenvalue weighted by Crippen LogP contribution is -1.73. The summed E-state index contributed by atoms with van der Waals surface area (Å²) < 4.78 is 0. The Balaban J connectivity index is 0.000000492. The summed E-state index contributed by atoms with van der Waals surface area (Å²) in [4.78, 5) is 3.53. The van der Waals surface area contributed by atoms with Crippen molar-refractivity contribution in [1.29, 1.82) is 0 Å². The highest BCUT2D eigenvalue weighted by molar-refractivity contribution is 8.03. The quantitative estimate of drug-likeness (QED) is 0.658. The number of hydrogen-bond donors (Lipinski definition) is 1. The molecule has 1 aromatic carbocycles. The van der Waals surface area contributed by atoms with Gasteiger partial charge >= 0.3 is 0 Å². The first kappa shape index (κ1) is 15.2. The van der Waals surface area contributed by atoms with Gasteiger partial charge in [0.2, 0.25) is 0 Å². The largest absolute Gasteiger partial charge is 0.143 e. The molecule has 0 fully saturated rings. The minimum atomic E-state index is 1.00. The average molecular weight is 276 g/mol. The van der Waals surface area contributed by atoms with Crippen molar-refractivity contribution in [2.45, 2.75) is 36.5 Å². The lowest BCUT2D eigenvalue weighted by molar-refractivity contribution is 1.09. The van der Waals surface area contributed by atoms with Crippen LogP contribution in [-0.2, 0) is 0 Å². The highest BCUT2D eigenvalue weighted by Crippen LogP contribution is 2.29. The van der Waals surface area contributed by atoms with E-state index in [4.69, 9.17) is 0 Å². The Morgan fingerprint density at radius 3 is 2.44 bits per heavy atom. The van der Waals surface area contributed by atoms with Gasteiger partial charge in [0.1, 0.15) is 0 Å². The zero-order chi connectivity index (χ0) is 13.2. The maximum absolute atomic E-state index is 4.27. The lowest BCUT2D eigenvalue weighted by atomic mass is 10.4. The molecule has 0 nitrogen and oxygen atoms in total. The van der Waals surface area contributed by atoms with Crippen LogP contribution in [0, 0.1) is 0 Å². The van der Waals surface area contributed by atoms with Crippen LogP contribution < -0.4 is 0 Å². The monoisotopic (exact) mass is 276 g/mol. The van der Waals surface area contributed by atoms with E-state index in [1.165, 1.54) is 16.2 Å². The van der Waals surface area contributed by atoms with Crippen molar-refractivity contribution in [2.24, 2.45) is 0 Å². The Morgan fingerprint density at radius 2 is 1.78 bits per heavy atom. The van der Waals surface area contributed by atoms with Gasteiger partial charge in [-0.25, -0.2) is 0 Å². The van der Waals surface area contributed by atoms with Gasteiger partial charge in [-0.15, -0.1) is 12.6 Å². The number of allylic oxidation sites excluding steroid dienone is 5. The van der Waals surface area contributed by atoms with E-state index in [0.717, 1.165) is 11.3 Å². The van der Waals surface area contributed by atoms with Crippen molar-refractivity contribution in [1.82, 2.24) is 0 Å². The van der Waals surface area contributed by atoms with Crippen LogP contribution in [0.3, 0.4) is 0 Å². The maximum Gasteiger partial charge on any atom is 0.0123 e. The van der Waals surface area contributed by atoms with E-state index in [-0.39, 0.29) is 0 Å². The van der Waals surface area contributed by atoms with Crippen LogP contribution in [0.2, 0.25) is 0 Å². The third-order valence-corrected chi connectivity index (χ3v) is 3.34. The van der Waals surface area contributed by atoms with Crippen molar-refractivity contribution < 1.29 is 0 Å². The summed E-state index contributed by atoms with van der Waals surface area (Å²) in [5, 5.41) is 0. The van der Waals surface area contributed by atoms with E-state index in [1.54, 1.807) is 11.8 Å². The van der Waals surface area contributed by atoms with Crippen LogP contribution in [0.15, 0.2) is 69.3 Å². The van der Waals surface area contributed by atoms with Gasteiger partial charge in [0, 0.05) is 14.7 Å². The average Bonchev–Trinajstić information content (AvgIpc) is 2.62. The van der Waals surface area contributed by atoms with E-state index in [0.29, 0.717) is 0 Å². The Labute approximate surface area is 120 Å². The molecule has 0 heterocycles. The third kappa shape index (κ3) is 6.18. The van der Waals surface area contributed by atoms with Gasteiger partial charge in [-0.2, -0.15) is 0 Å². The fraction of sp³-hybridized carbons (Fsp3) is 0.250. The molecule has 0 spiro atoms. The molecule has 0 aliphatic heterocycles. The van der Waals surface area contributed by atoms with E-state index < -0.39 is 0 Å². The van der Waals surface area contributed by atoms with Crippen molar-refractivity contribution in [3.05, 3.63) is 59.6 Å². The topological polar surface area (TPSA) is 0 Å². The molecule has 2 heteroatoms. The number of thiol groups is 1. The zero-order valence-corrected chi connectivity index (χ0v) is 12.7. The zero-order valence-electron chi connectivity index (χ0n) is 11.0. The van der Waals surface area contributed by atoms with Gasteiger partial charge in [-0.3, -0.25) is 0 Å².